The van der Waals surface area contributed by atoms with Gasteiger partial charge in [-0.25, -0.2) is 0 Å². The molecular weight excluding hydrogens is 424 g/mol. The first-order valence-electron chi connectivity index (χ1n) is 10.2. The molecule has 0 saturated heterocycles. The lowest BCUT2D eigenvalue weighted by atomic mass is 10.0. The summed E-state index contributed by atoms with van der Waals surface area (Å²) in [6.07, 6.45) is 3.35. The van der Waals surface area contributed by atoms with E-state index >= 15 is 0 Å². The van der Waals surface area contributed by atoms with Crippen molar-refractivity contribution in [2.24, 2.45) is 0 Å². The second kappa shape index (κ2) is 13.1. The molecule has 0 aliphatic heterocycles. The number of carbonyl (C=O) groups excluding carboxylic acids is 4. The molecule has 8 nitrogen and oxygen atoms in total. The minimum Gasteiger partial charge on any atom is -0.354 e. The van der Waals surface area contributed by atoms with Crippen molar-refractivity contribution < 1.29 is 19.2 Å². The molecular formula is C20H38N4O4S2. The summed E-state index contributed by atoms with van der Waals surface area (Å²) < 4.78 is -1.35. The van der Waals surface area contributed by atoms with E-state index in [4.69, 9.17) is 0 Å². The lowest BCUT2D eigenvalue weighted by Crippen LogP contribution is -2.55. The van der Waals surface area contributed by atoms with Gasteiger partial charge in [-0.2, -0.15) is 25.3 Å². The van der Waals surface area contributed by atoms with Crippen molar-refractivity contribution in [3.63, 3.8) is 0 Å². The van der Waals surface area contributed by atoms with Crippen LogP contribution in [0.15, 0.2) is 0 Å². The van der Waals surface area contributed by atoms with E-state index in [0.717, 1.165) is 25.7 Å². The second-order valence-corrected chi connectivity index (χ2v) is 10.9. The zero-order valence-corrected chi connectivity index (χ0v) is 20.7. The Kier molecular flexibility index (Phi) is 12.5. The summed E-state index contributed by atoms with van der Waals surface area (Å²) in [5.74, 6) is -1.06. The van der Waals surface area contributed by atoms with E-state index in [2.05, 4.69) is 46.5 Å². The Morgan fingerprint density at radius 1 is 0.667 bits per heavy atom. The molecule has 0 heterocycles. The zero-order valence-electron chi connectivity index (χ0n) is 18.9. The van der Waals surface area contributed by atoms with E-state index in [-0.39, 0.29) is 23.6 Å². The molecule has 0 aromatic rings. The molecule has 0 aromatic carbocycles. The number of unbranched alkanes of at least 4 members (excludes halogenated alkanes) is 3. The first kappa shape index (κ1) is 28.6. The Morgan fingerprint density at radius 3 is 1.20 bits per heavy atom. The highest BCUT2D eigenvalue weighted by Gasteiger charge is 2.33. The van der Waals surface area contributed by atoms with Gasteiger partial charge in [-0.15, -0.1) is 0 Å². The van der Waals surface area contributed by atoms with Gasteiger partial charge in [0.2, 0.25) is 23.6 Å². The smallest absolute Gasteiger partial charge is 0.243 e. The van der Waals surface area contributed by atoms with Crippen molar-refractivity contribution in [1.82, 2.24) is 21.3 Å². The van der Waals surface area contributed by atoms with Gasteiger partial charge in [0.1, 0.15) is 12.1 Å². The molecule has 0 aliphatic rings. The van der Waals surface area contributed by atoms with Gasteiger partial charge in [0.05, 0.1) is 0 Å². The van der Waals surface area contributed by atoms with E-state index in [1.807, 2.05) is 0 Å². The fraction of sp³-hybridized carbons (Fsp3) is 0.800. The minimum atomic E-state index is -0.707. The summed E-state index contributed by atoms with van der Waals surface area (Å²) in [5.41, 5.74) is 0. The van der Waals surface area contributed by atoms with Gasteiger partial charge in [-0.05, 0) is 40.5 Å². The van der Waals surface area contributed by atoms with Gasteiger partial charge in [-0.1, -0.05) is 12.8 Å². The Bertz CT molecular complexity index is 549. The van der Waals surface area contributed by atoms with Gasteiger partial charge >= 0.3 is 0 Å². The Morgan fingerprint density at radius 2 is 0.967 bits per heavy atom. The molecule has 0 spiro atoms. The predicted octanol–water partition coefficient (Wildman–Crippen LogP) is 1.21. The maximum atomic E-state index is 12.3. The number of amides is 4. The molecule has 10 heteroatoms. The van der Waals surface area contributed by atoms with Crippen LogP contribution in [0.2, 0.25) is 0 Å². The van der Waals surface area contributed by atoms with Gasteiger partial charge < -0.3 is 21.3 Å². The van der Waals surface area contributed by atoms with Crippen molar-refractivity contribution in [1.29, 1.82) is 0 Å². The van der Waals surface area contributed by atoms with Gasteiger partial charge in [0, 0.05) is 36.4 Å². The van der Waals surface area contributed by atoms with Crippen LogP contribution in [0.1, 0.15) is 67.2 Å². The largest absolute Gasteiger partial charge is 0.354 e. The highest BCUT2D eigenvalue weighted by atomic mass is 32.1. The number of thiol groups is 2. The lowest BCUT2D eigenvalue weighted by Gasteiger charge is -2.29. The third-order valence-corrected chi connectivity index (χ3v) is 4.85. The third kappa shape index (κ3) is 12.3. The maximum Gasteiger partial charge on any atom is 0.243 e. The maximum absolute atomic E-state index is 12.3. The summed E-state index contributed by atoms with van der Waals surface area (Å²) in [5, 5.41) is 10.9. The molecule has 4 amide bonds. The molecule has 0 fully saturated rings. The molecule has 174 valence electrons. The summed E-state index contributed by atoms with van der Waals surface area (Å²) in [4.78, 5) is 47.2. The number of rotatable bonds is 13. The molecule has 2 unspecified atom stereocenters. The van der Waals surface area contributed by atoms with E-state index in [1.165, 1.54) is 13.8 Å². The van der Waals surface area contributed by atoms with E-state index in [1.54, 1.807) is 27.7 Å². The summed E-state index contributed by atoms with van der Waals surface area (Å²) in [6.45, 7) is 10.8. The summed E-state index contributed by atoms with van der Waals surface area (Å²) >= 11 is 8.79. The molecule has 0 radical (unpaired) electrons. The average Bonchev–Trinajstić information content (AvgIpc) is 2.57. The average molecular weight is 463 g/mol. The third-order valence-electron chi connectivity index (χ3n) is 4.33. The van der Waals surface area contributed by atoms with Crippen LogP contribution in [0.3, 0.4) is 0 Å². The van der Waals surface area contributed by atoms with Gasteiger partial charge in [0.15, 0.2) is 0 Å². The Balaban J connectivity index is 4.14. The van der Waals surface area contributed by atoms with E-state index < -0.39 is 21.6 Å². The SMILES string of the molecule is CC(=O)NC(C(=O)NCCCCCCNC(=O)C(NC(C)=O)C(C)(C)S)C(C)(C)S. The number of nitrogens with one attached hydrogen (secondary N) is 4. The Labute approximate surface area is 191 Å². The van der Waals surface area contributed by atoms with Gasteiger partial charge in [0.25, 0.3) is 0 Å². The normalized spacial score (nSPS) is 13.7. The van der Waals surface area contributed by atoms with Crippen molar-refractivity contribution >= 4 is 48.9 Å². The van der Waals surface area contributed by atoms with E-state index in [9.17, 15) is 19.2 Å². The topological polar surface area (TPSA) is 116 Å². The van der Waals surface area contributed by atoms with Crippen LogP contribution >= 0.6 is 25.3 Å². The molecule has 0 saturated carbocycles. The monoisotopic (exact) mass is 462 g/mol. The summed E-state index contributed by atoms with van der Waals surface area (Å²) in [7, 11) is 0. The van der Waals surface area contributed by atoms with Crippen molar-refractivity contribution in [2.45, 2.75) is 88.8 Å². The summed E-state index contributed by atoms with van der Waals surface area (Å²) in [6, 6.07) is -1.41. The highest BCUT2D eigenvalue weighted by molar-refractivity contribution is 7.82. The molecule has 4 N–H and O–H groups in total. The van der Waals surface area contributed by atoms with Gasteiger partial charge in [-0.3, -0.25) is 19.2 Å². The zero-order chi connectivity index (χ0) is 23.5. The molecule has 30 heavy (non-hydrogen) atoms. The van der Waals surface area contributed by atoms with E-state index in [0.29, 0.717) is 13.1 Å². The van der Waals surface area contributed by atoms with Crippen LogP contribution in [-0.2, 0) is 19.2 Å². The van der Waals surface area contributed by atoms with Crippen LogP contribution in [-0.4, -0.2) is 58.3 Å². The fourth-order valence-corrected chi connectivity index (χ4v) is 3.13. The molecule has 2 atom stereocenters. The number of carbonyl (C=O) groups is 4. The molecule has 0 bridgehead atoms. The van der Waals surface area contributed by atoms with Crippen LogP contribution in [0.5, 0.6) is 0 Å². The second-order valence-electron chi connectivity index (χ2n) is 8.57. The fourth-order valence-electron chi connectivity index (χ4n) is 2.76. The Hall–Kier alpha value is -1.42. The van der Waals surface area contributed by atoms with Crippen LogP contribution < -0.4 is 21.3 Å². The molecule has 0 aliphatic carbocycles. The van der Waals surface area contributed by atoms with Crippen LogP contribution in [0.25, 0.3) is 0 Å². The quantitative estimate of drug-likeness (QED) is 0.182. The van der Waals surface area contributed by atoms with Crippen molar-refractivity contribution in [2.75, 3.05) is 13.1 Å². The standard InChI is InChI=1S/C20H38N4O4S2/c1-13(25)23-15(19(3,4)29)17(27)21-11-9-7-8-10-12-22-18(28)16(20(5,6)30)24-14(2)26/h15-16,29-30H,7-12H2,1-6H3,(H,21,27)(H,22,28)(H,23,25)(H,24,26). The molecule has 0 aromatic heterocycles. The van der Waals surface area contributed by atoms with Crippen molar-refractivity contribution in [3.8, 4) is 0 Å². The lowest BCUT2D eigenvalue weighted by molar-refractivity contribution is -0.128. The van der Waals surface area contributed by atoms with Crippen molar-refractivity contribution in [3.05, 3.63) is 0 Å². The molecule has 0 rings (SSSR count). The van der Waals surface area contributed by atoms with Crippen LogP contribution in [0, 0.1) is 0 Å². The predicted molar refractivity (Wildman–Crippen MR) is 126 cm³/mol. The van der Waals surface area contributed by atoms with Crippen LogP contribution in [0.4, 0.5) is 0 Å². The number of hydrogen-bond acceptors (Lipinski definition) is 6. The highest BCUT2D eigenvalue weighted by Crippen LogP contribution is 2.18. The first-order chi connectivity index (χ1) is 13.7. The first-order valence-corrected chi connectivity index (χ1v) is 11.1. The number of hydrogen-bond donors (Lipinski definition) is 6. The minimum absolute atomic E-state index is 0.254.